The standard InChI is InChI=1S/C20H28N2O4S2/c1-16(2)15-26-13-4-11-21-20(23)17-6-8-19(9-7-17)28(24,25)22-12-10-18-5-3-14-27-18/h3,5-9,14,16,22H,4,10-13,15H2,1-2H3,(H,21,23). The van der Waals surface area contributed by atoms with Gasteiger partial charge in [-0.15, -0.1) is 11.3 Å². The molecule has 0 radical (unpaired) electrons. The first-order valence-electron chi connectivity index (χ1n) is 9.36. The van der Waals surface area contributed by atoms with Gasteiger partial charge in [0.15, 0.2) is 0 Å². The molecule has 6 nitrogen and oxygen atoms in total. The zero-order chi connectivity index (χ0) is 20.4. The first-order valence-corrected chi connectivity index (χ1v) is 11.7. The van der Waals surface area contributed by atoms with Crippen molar-refractivity contribution in [2.45, 2.75) is 31.6 Å². The topological polar surface area (TPSA) is 84.5 Å². The van der Waals surface area contributed by atoms with E-state index in [4.69, 9.17) is 4.74 Å². The van der Waals surface area contributed by atoms with Crippen LogP contribution in [0.2, 0.25) is 0 Å². The molecule has 8 heteroatoms. The molecule has 2 aromatic rings. The minimum atomic E-state index is -3.58. The number of amides is 1. The highest BCUT2D eigenvalue weighted by Gasteiger charge is 2.14. The summed E-state index contributed by atoms with van der Waals surface area (Å²) >= 11 is 1.60. The first kappa shape index (κ1) is 22.5. The monoisotopic (exact) mass is 424 g/mol. The Morgan fingerprint density at radius 2 is 1.89 bits per heavy atom. The van der Waals surface area contributed by atoms with E-state index in [9.17, 15) is 13.2 Å². The number of sulfonamides is 1. The number of hydrogen-bond donors (Lipinski definition) is 2. The Hall–Kier alpha value is -1.74. The lowest BCUT2D eigenvalue weighted by Gasteiger charge is -2.09. The molecule has 154 valence electrons. The summed E-state index contributed by atoms with van der Waals surface area (Å²) in [5, 5.41) is 4.78. The van der Waals surface area contributed by atoms with Crippen LogP contribution >= 0.6 is 11.3 Å². The number of rotatable bonds is 12. The molecule has 2 N–H and O–H groups in total. The SMILES string of the molecule is CC(C)COCCCNC(=O)c1ccc(S(=O)(=O)NCCc2cccs2)cc1. The van der Waals surface area contributed by atoms with Crippen LogP contribution in [-0.2, 0) is 21.2 Å². The molecule has 0 aliphatic carbocycles. The van der Waals surface area contributed by atoms with E-state index in [0.29, 0.717) is 44.2 Å². The Labute approximate surface area is 171 Å². The van der Waals surface area contributed by atoms with Crippen LogP contribution in [0.4, 0.5) is 0 Å². The molecular weight excluding hydrogens is 396 g/mol. The average molecular weight is 425 g/mol. The predicted molar refractivity (Wildman–Crippen MR) is 112 cm³/mol. The average Bonchev–Trinajstić information content (AvgIpc) is 3.17. The molecule has 0 aliphatic heterocycles. The zero-order valence-corrected chi connectivity index (χ0v) is 17.9. The number of carbonyl (C=O) groups is 1. The molecule has 0 aliphatic rings. The maximum Gasteiger partial charge on any atom is 0.251 e. The van der Waals surface area contributed by atoms with E-state index < -0.39 is 10.0 Å². The Kier molecular flexibility index (Phi) is 9.11. The second-order valence-electron chi connectivity index (χ2n) is 6.83. The maximum absolute atomic E-state index is 12.3. The van der Waals surface area contributed by atoms with Crippen LogP contribution in [0.15, 0.2) is 46.7 Å². The predicted octanol–water partition coefficient (Wildman–Crippen LogP) is 3.06. The molecule has 0 fully saturated rings. The van der Waals surface area contributed by atoms with E-state index in [1.807, 2.05) is 17.5 Å². The van der Waals surface area contributed by atoms with Crippen LogP contribution in [0.3, 0.4) is 0 Å². The van der Waals surface area contributed by atoms with Gasteiger partial charge in [0.05, 0.1) is 4.90 Å². The van der Waals surface area contributed by atoms with Gasteiger partial charge in [-0.25, -0.2) is 13.1 Å². The van der Waals surface area contributed by atoms with Crippen LogP contribution < -0.4 is 10.0 Å². The van der Waals surface area contributed by atoms with E-state index in [2.05, 4.69) is 23.9 Å². The number of carbonyl (C=O) groups excluding carboxylic acids is 1. The molecular formula is C20H28N2O4S2. The lowest BCUT2D eigenvalue weighted by Crippen LogP contribution is -2.27. The minimum absolute atomic E-state index is 0.150. The molecule has 0 saturated heterocycles. The molecule has 1 heterocycles. The summed E-state index contributed by atoms with van der Waals surface area (Å²) in [6.07, 6.45) is 1.39. The van der Waals surface area contributed by atoms with E-state index in [1.54, 1.807) is 11.3 Å². The molecule has 0 saturated carbocycles. The summed E-state index contributed by atoms with van der Waals surface area (Å²) in [4.78, 5) is 13.4. The van der Waals surface area contributed by atoms with Crippen LogP contribution in [0.5, 0.6) is 0 Å². The van der Waals surface area contributed by atoms with Crippen molar-refractivity contribution in [2.75, 3.05) is 26.3 Å². The lowest BCUT2D eigenvalue weighted by molar-refractivity contribution is 0.0925. The van der Waals surface area contributed by atoms with Gasteiger partial charge in [-0.2, -0.15) is 0 Å². The molecule has 0 bridgehead atoms. The van der Waals surface area contributed by atoms with Gasteiger partial charge in [-0.05, 0) is 54.5 Å². The quantitative estimate of drug-likeness (QED) is 0.513. The third-order valence-electron chi connectivity index (χ3n) is 3.87. The normalized spacial score (nSPS) is 11.7. The van der Waals surface area contributed by atoms with Crippen molar-refractivity contribution >= 4 is 27.3 Å². The molecule has 1 aromatic heterocycles. The highest BCUT2D eigenvalue weighted by Crippen LogP contribution is 2.12. The van der Waals surface area contributed by atoms with Gasteiger partial charge < -0.3 is 10.1 Å². The zero-order valence-electron chi connectivity index (χ0n) is 16.3. The summed E-state index contributed by atoms with van der Waals surface area (Å²) in [7, 11) is -3.58. The molecule has 28 heavy (non-hydrogen) atoms. The van der Waals surface area contributed by atoms with Crippen molar-refractivity contribution < 1.29 is 17.9 Å². The molecule has 0 spiro atoms. The summed E-state index contributed by atoms with van der Waals surface area (Å²) in [5.74, 6) is 0.271. The van der Waals surface area contributed by atoms with Crippen LogP contribution in [0.1, 0.15) is 35.5 Å². The number of ether oxygens (including phenoxy) is 1. The molecule has 1 amide bonds. The van der Waals surface area contributed by atoms with E-state index in [1.165, 1.54) is 24.3 Å². The third-order valence-corrected chi connectivity index (χ3v) is 6.29. The maximum atomic E-state index is 12.3. The van der Waals surface area contributed by atoms with Gasteiger partial charge in [0.2, 0.25) is 10.0 Å². The van der Waals surface area contributed by atoms with Crippen molar-refractivity contribution in [3.05, 3.63) is 52.2 Å². The van der Waals surface area contributed by atoms with Crippen molar-refractivity contribution in [2.24, 2.45) is 5.92 Å². The molecule has 1 aromatic carbocycles. The highest BCUT2D eigenvalue weighted by atomic mass is 32.2. The third kappa shape index (κ3) is 7.71. The van der Waals surface area contributed by atoms with E-state index in [-0.39, 0.29) is 10.8 Å². The summed E-state index contributed by atoms with van der Waals surface area (Å²) in [6, 6.07) is 9.87. The Bertz CT molecular complexity index is 816. The second kappa shape index (κ2) is 11.3. The van der Waals surface area contributed by atoms with Crippen molar-refractivity contribution in [3.63, 3.8) is 0 Å². The second-order valence-corrected chi connectivity index (χ2v) is 9.63. The van der Waals surface area contributed by atoms with Gasteiger partial charge in [-0.1, -0.05) is 19.9 Å². The molecule has 2 rings (SSSR count). The summed E-state index contributed by atoms with van der Waals surface area (Å²) in [6.45, 7) is 6.35. The summed E-state index contributed by atoms with van der Waals surface area (Å²) < 4.78 is 32.7. The van der Waals surface area contributed by atoms with Crippen LogP contribution in [-0.4, -0.2) is 40.6 Å². The van der Waals surface area contributed by atoms with Crippen molar-refractivity contribution in [3.8, 4) is 0 Å². The minimum Gasteiger partial charge on any atom is -0.381 e. The Balaban J connectivity index is 1.77. The summed E-state index contributed by atoms with van der Waals surface area (Å²) in [5.41, 5.74) is 0.431. The van der Waals surface area contributed by atoms with Gasteiger partial charge in [0, 0.05) is 36.7 Å². The van der Waals surface area contributed by atoms with Gasteiger partial charge in [-0.3, -0.25) is 4.79 Å². The van der Waals surface area contributed by atoms with Gasteiger partial charge >= 0.3 is 0 Å². The fourth-order valence-electron chi connectivity index (χ4n) is 2.43. The lowest BCUT2D eigenvalue weighted by atomic mass is 10.2. The number of thiophene rings is 1. The fraction of sp³-hybridized carbons (Fsp3) is 0.450. The molecule has 0 unspecified atom stereocenters. The van der Waals surface area contributed by atoms with Gasteiger partial charge in [0.1, 0.15) is 0 Å². The van der Waals surface area contributed by atoms with Gasteiger partial charge in [0.25, 0.3) is 5.91 Å². The number of benzene rings is 1. The number of hydrogen-bond acceptors (Lipinski definition) is 5. The van der Waals surface area contributed by atoms with Crippen molar-refractivity contribution in [1.82, 2.24) is 10.0 Å². The fourth-order valence-corrected chi connectivity index (χ4v) is 4.17. The smallest absolute Gasteiger partial charge is 0.251 e. The molecule has 0 atom stereocenters. The van der Waals surface area contributed by atoms with E-state index in [0.717, 1.165) is 11.3 Å². The largest absolute Gasteiger partial charge is 0.381 e. The van der Waals surface area contributed by atoms with Crippen LogP contribution in [0.25, 0.3) is 0 Å². The van der Waals surface area contributed by atoms with Crippen LogP contribution in [0, 0.1) is 5.92 Å². The van der Waals surface area contributed by atoms with E-state index >= 15 is 0 Å². The number of nitrogens with one attached hydrogen (secondary N) is 2. The highest BCUT2D eigenvalue weighted by molar-refractivity contribution is 7.89. The van der Waals surface area contributed by atoms with Crippen molar-refractivity contribution in [1.29, 1.82) is 0 Å². The first-order chi connectivity index (χ1) is 13.4. The Morgan fingerprint density at radius 1 is 1.14 bits per heavy atom. The Morgan fingerprint density at radius 3 is 2.54 bits per heavy atom.